The van der Waals surface area contributed by atoms with Gasteiger partial charge in [0.05, 0.1) is 24.4 Å². The Morgan fingerprint density at radius 3 is 2.77 bits per heavy atom. The third kappa shape index (κ3) is 4.05. The minimum Gasteiger partial charge on any atom is -0.468 e. The van der Waals surface area contributed by atoms with Gasteiger partial charge in [-0.15, -0.1) is 0 Å². The van der Waals surface area contributed by atoms with Gasteiger partial charge in [0.1, 0.15) is 6.54 Å². The number of para-hydroxylation sites is 1. The van der Waals surface area contributed by atoms with Crippen LogP contribution in [0.15, 0.2) is 24.3 Å². The molecular formula is C15H19N3O4. The number of hydrogen-bond donors (Lipinski definition) is 3. The summed E-state index contributed by atoms with van der Waals surface area (Å²) in [5.41, 5.74) is 0.723. The standard InChI is InChI=1S/C15H19N3O4/c1-22-13(19)9-17-14(20)10-5-2-3-6-11(10)18-15(21)12-7-4-8-16-12/h2-3,5-6,12,16H,4,7-9H2,1H3,(H,17,20)(H,18,21)/t12-/m0/s1. The topological polar surface area (TPSA) is 96.5 Å². The monoisotopic (exact) mass is 305 g/mol. The van der Waals surface area contributed by atoms with E-state index in [9.17, 15) is 14.4 Å². The Morgan fingerprint density at radius 1 is 1.32 bits per heavy atom. The van der Waals surface area contributed by atoms with Crippen molar-refractivity contribution in [3.05, 3.63) is 29.8 Å². The van der Waals surface area contributed by atoms with Gasteiger partial charge in [-0.3, -0.25) is 14.4 Å². The van der Waals surface area contributed by atoms with Crippen LogP contribution in [-0.2, 0) is 14.3 Å². The molecule has 1 aliphatic heterocycles. The highest BCUT2D eigenvalue weighted by Gasteiger charge is 2.23. The molecular weight excluding hydrogens is 286 g/mol. The summed E-state index contributed by atoms with van der Waals surface area (Å²) in [6, 6.07) is 6.43. The third-order valence-electron chi connectivity index (χ3n) is 3.43. The van der Waals surface area contributed by atoms with E-state index in [0.717, 1.165) is 19.4 Å². The Morgan fingerprint density at radius 2 is 2.09 bits per heavy atom. The molecule has 0 spiro atoms. The molecule has 3 N–H and O–H groups in total. The summed E-state index contributed by atoms with van der Waals surface area (Å²) in [4.78, 5) is 35.3. The molecule has 1 atom stereocenters. The van der Waals surface area contributed by atoms with Crippen LogP contribution in [0.4, 0.5) is 5.69 Å². The van der Waals surface area contributed by atoms with E-state index in [1.165, 1.54) is 7.11 Å². The summed E-state index contributed by atoms with van der Waals surface area (Å²) in [5.74, 6) is -1.14. The number of esters is 1. The number of methoxy groups -OCH3 is 1. The second-order valence-electron chi connectivity index (χ2n) is 4.94. The first-order valence-electron chi connectivity index (χ1n) is 7.10. The largest absolute Gasteiger partial charge is 0.468 e. The molecule has 22 heavy (non-hydrogen) atoms. The van der Waals surface area contributed by atoms with E-state index >= 15 is 0 Å². The van der Waals surface area contributed by atoms with Crippen LogP contribution in [0.5, 0.6) is 0 Å². The molecule has 0 aliphatic carbocycles. The molecule has 0 unspecified atom stereocenters. The Balaban J connectivity index is 2.04. The molecule has 1 heterocycles. The maximum absolute atomic E-state index is 12.1. The van der Waals surface area contributed by atoms with Crippen LogP contribution in [-0.4, -0.2) is 44.0 Å². The molecule has 7 nitrogen and oxygen atoms in total. The molecule has 0 saturated carbocycles. The number of amides is 2. The van der Waals surface area contributed by atoms with Crippen molar-refractivity contribution in [3.8, 4) is 0 Å². The average molecular weight is 305 g/mol. The lowest BCUT2D eigenvalue weighted by atomic mass is 10.1. The summed E-state index contributed by atoms with van der Waals surface area (Å²) in [5, 5.41) is 8.31. The second kappa shape index (κ2) is 7.56. The second-order valence-corrected chi connectivity index (χ2v) is 4.94. The molecule has 118 valence electrons. The van der Waals surface area contributed by atoms with Gasteiger partial charge in [-0.05, 0) is 31.5 Å². The lowest BCUT2D eigenvalue weighted by molar-refractivity contribution is -0.139. The number of carbonyl (C=O) groups is 3. The number of ether oxygens (including phenoxy) is 1. The smallest absolute Gasteiger partial charge is 0.325 e. The van der Waals surface area contributed by atoms with Gasteiger partial charge < -0.3 is 20.7 Å². The highest BCUT2D eigenvalue weighted by molar-refractivity contribution is 6.05. The van der Waals surface area contributed by atoms with Gasteiger partial charge >= 0.3 is 5.97 Å². The lowest BCUT2D eigenvalue weighted by Crippen LogP contribution is -2.36. The zero-order valence-electron chi connectivity index (χ0n) is 12.3. The fourth-order valence-corrected chi connectivity index (χ4v) is 2.24. The first-order chi connectivity index (χ1) is 10.6. The lowest BCUT2D eigenvalue weighted by Gasteiger charge is -2.14. The van der Waals surface area contributed by atoms with Crippen molar-refractivity contribution in [3.63, 3.8) is 0 Å². The molecule has 0 aromatic heterocycles. The Bertz CT molecular complexity index is 568. The number of anilines is 1. The van der Waals surface area contributed by atoms with E-state index in [1.807, 2.05) is 0 Å². The van der Waals surface area contributed by atoms with Crippen LogP contribution >= 0.6 is 0 Å². The molecule has 0 bridgehead atoms. The molecule has 1 aromatic carbocycles. The highest BCUT2D eigenvalue weighted by Crippen LogP contribution is 2.16. The summed E-state index contributed by atoms with van der Waals surface area (Å²) in [7, 11) is 1.25. The Labute approximate surface area is 128 Å². The van der Waals surface area contributed by atoms with Crippen molar-refractivity contribution in [1.82, 2.24) is 10.6 Å². The molecule has 1 aliphatic rings. The van der Waals surface area contributed by atoms with Crippen molar-refractivity contribution in [2.24, 2.45) is 0 Å². The van der Waals surface area contributed by atoms with Gasteiger partial charge in [0.2, 0.25) is 5.91 Å². The molecule has 1 aromatic rings. The predicted molar refractivity (Wildman–Crippen MR) is 80.4 cm³/mol. The number of benzene rings is 1. The summed E-state index contributed by atoms with van der Waals surface area (Å²) >= 11 is 0. The Hall–Kier alpha value is -2.41. The van der Waals surface area contributed by atoms with Crippen LogP contribution in [0.1, 0.15) is 23.2 Å². The maximum Gasteiger partial charge on any atom is 0.325 e. The minimum absolute atomic E-state index is 0.161. The van der Waals surface area contributed by atoms with Crippen molar-refractivity contribution >= 4 is 23.5 Å². The SMILES string of the molecule is COC(=O)CNC(=O)c1ccccc1NC(=O)[C@@H]1CCCN1. The van der Waals surface area contributed by atoms with Gasteiger partial charge in [0.25, 0.3) is 5.91 Å². The van der Waals surface area contributed by atoms with Crippen LogP contribution in [0.2, 0.25) is 0 Å². The number of rotatable bonds is 5. The van der Waals surface area contributed by atoms with Crippen molar-refractivity contribution in [2.45, 2.75) is 18.9 Å². The van der Waals surface area contributed by atoms with Crippen molar-refractivity contribution in [2.75, 3.05) is 25.5 Å². The molecule has 2 amide bonds. The van der Waals surface area contributed by atoms with Gasteiger partial charge in [0, 0.05) is 0 Å². The number of hydrogen-bond acceptors (Lipinski definition) is 5. The van der Waals surface area contributed by atoms with Gasteiger partial charge in [-0.25, -0.2) is 0 Å². The van der Waals surface area contributed by atoms with Gasteiger partial charge in [-0.1, -0.05) is 12.1 Å². The highest BCUT2D eigenvalue weighted by atomic mass is 16.5. The quantitative estimate of drug-likeness (QED) is 0.679. The van der Waals surface area contributed by atoms with E-state index in [0.29, 0.717) is 11.3 Å². The first kappa shape index (κ1) is 16.0. The van der Waals surface area contributed by atoms with E-state index in [1.54, 1.807) is 24.3 Å². The fourth-order valence-electron chi connectivity index (χ4n) is 2.24. The van der Waals surface area contributed by atoms with Crippen LogP contribution in [0.25, 0.3) is 0 Å². The van der Waals surface area contributed by atoms with Crippen LogP contribution < -0.4 is 16.0 Å². The first-order valence-corrected chi connectivity index (χ1v) is 7.10. The normalized spacial score (nSPS) is 16.9. The molecule has 7 heteroatoms. The molecule has 2 rings (SSSR count). The summed E-state index contributed by atoms with van der Waals surface area (Å²) in [6.45, 7) is 0.598. The Kier molecular flexibility index (Phi) is 5.48. The van der Waals surface area contributed by atoms with E-state index in [2.05, 4.69) is 20.7 Å². The fraction of sp³-hybridized carbons (Fsp3) is 0.400. The van der Waals surface area contributed by atoms with E-state index in [-0.39, 0.29) is 18.5 Å². The molecule has 1 saturated heterocycles. The predicted octanol–water partition coefficient (Wildman–Crippen LogP) is 0.280. The van der Waals surface area contributed by atoms with Crippen LogP contribution in [0.3, 0.4) is 0 Å². The number of carbonyl (C=O) groups excluding carboxylic acids is 3. The summed E-state index contributed by atoms with van der Waals surface area (Å²) in [6.07, 6.45) is 1.74. The maximum atomic E-state index is 12.1. The van der Waals surface area contributed by atoms with Crippen molar-refractivity contribution < 1.29 is 19.1 Å². The zero-order valence-corrected chi connectivity index (χ0v) is 12.3. The van der Waals surface area contributed by atoms with E-state index < -0.39 is 11.9 Å². The average Bonchev–Trinajstić information content (AvgIpc) is 3.07. The number of nitrogens with one attached hydrogen (secondary N) is 3. The van der Waals surface area contributed by atoms with Gasteiger partial charge in [0.15, 0.2) is 0 Å². The molecule has 1 fully saturated rings. The minimum atomic E-state index is -0.537. The molecule has 0 radical (unpaired) electrons. The van der Waals surface area contributed by atoms with Gasteiger partial charge in [-0.2, -0.15) is 0 Å². The summed E-state index contributed by atoms with van der Waals surface area (Å²) < 4.78 is 4.47. The van der Waals surface area contributed by atoms with Crippen molar-refractivity contribution in [1.29, 1.82) is 0 Å². The van der Waals surface area contributed by atoms with Crippen LogP contribution in [0, 0.1) is 0 Å². The zero-order chi connectivity index (χ0) is 15.9. The van der Waals surface area contributed by atoms with E-state index in [4.69, 9.17) is 0 Å². The third-order valence-corrected chi connectivity index (χ3v) is 3.43.